The van der Waals surface area contributed by atoms with Gasteiger partial charge >= 0.3 is 0 Å². The van der Waals surface area contributed by atoms with Crippen molar-refractivity contribution in [3.05, 3.63) is 22.6 Å². The highest BCUT2D eigenvalue weighted by Crippen LogP contribution is 2.40. The number of imidazole rings is 1. The number of hydrogen-bond acceptors (Lipinski definition) is 2. The molecule has 2 heterocycles. The van der Waals surface area contributed by atoms with Crippen LogP contribution >= 0.6 is 12.2 Å². The fourth-order valence-corrected chi connectivity index (χ4v) is 2.91. The predicted octanol–water partition coefficient (Wildman–Crippen LogP) is 3.30. The average molecular weight is 233 g/mol. The average Bonchev–Trinajstić information content (AvgIpc) is 2.50. The number of fused-ring (bicyclic) bond motifs is 1. The van der Waals surface area contributed by atoms with Crippen molar-refractivity contribution in [2.24, 2.45) is 0 Å². The number of aromatic nitrogens is 3. The minimum atomic E-state index is 0.177. The van der Waals surface area contributed by atoms with E-state index >= 15 is 0 Å². The lowest BCUT2D eigenvalue weighted by atomic mass is 9.78. The molecule has 0 aromatic carbocycles. The summed E-state index contributed by atoms with van der Waals surface area (Å²) in [6.45, 7) is 4.28. The van der Waals surface area contributed by atoms with Crippen LogP contribution in [0.2, 0.25) is 0 Å². The molecule has 0 atom stereocenters. The molecule has 1 fully saturated rings. The van der Waals surface area contributed by atoms with E-state index in [4.69, 9.17) is 12.2 Å². The van der Waals surface area contributed by atoms with Gasteiger partial charge in [-0.2, -0.15) is 0 Å². The summed E-state index contributed by atoms with van der Waals surface area (Å²) >= 11 is 5.41. The highest BCUT2D eigenvalue weighted by atomic mass is 32.1. The van der Waals surface area contributed by atoms with Gasteiger partial charge in [0, 0.05) is 11.2 Å². The normalized spacial score (nSPS) is 18.6. The van der Waals surface area contributed by atoms with E-state index in [-0.39, 0.29) is 5.54 Å². The molecule has 2 aromatic heterocycles. The maximum absolute atomic E-state index is 5.41. The monoisotopic (exact) mass is 233 g/mol. The summed E-state index contributed by atoms with van der Waals surface area (Å²) in [5, 5.41) is 0. The van der Waals surface area contributed by atoms with Crippen LogP contribution in [0.4, 0.5) is 0 Å². The summed E-state index contributed by atoms with van der Waals surface area (Å²) < 4.78 is 3.00. The molecule has 0 saturated heterocycles. The number of rotatable bonds is 1. The Morgan fingerprint density at radius 1 is 1.44 bits per heavy atom. The summed E-state index contributed by atoms with van der Waals surface area (Å²) in [7, 11) is 0. The molecule has 0 amide bonds. The fourth-order valence-electron chi connectivity index (χ4n) is 2.49. The number of pyridine rings is 1. The molecule has 84 valence electrons. The van der Waals surface area contributed by atoms with Crippen molar-refractivity contribution >= 4 is 23.4 Å². The Morgan fingerprint density at radius 3 is 2.81 bits per heavy atom. The van der Waals surface area contributed by atoms with Gasteiger partial charge in [0.15, 0.2) is 10.4 Å². The first-order valence-corrected chi connectivity index (χ1v) is 6.10. The number of nitrogens with zero attached hydrogens (tertiary/aromatic N) is 2. The van der Waals surface area contributed by atoms with E-state index in [0.29, 0.717) is 0 Å². The van der Waals surface area contributed by atoms with Crippen LogP contribution in [0.3, 0.4) is 0 Å². The molecule has 0 bridgehead atoms. The van der Waals surface area contributed by atoms with E-state index < -0.39 is 0 Å². The van der Waals surface area contributed by atoms with Crippen molar-refractivity contribution in [3.63, 3.8) is 0 Å². The molecular weight excluding hydrogens is 218 g/mol. The SMILES string of the molecule is Cc1ccc2[nH]c(=S)n(C3(C)CCC3)c2n1. The number of H-pyrrole nitrogens is 1. The maximum Gasteiger partial charge on any atom is 0.179 e. The molecule has 3 nitrogen and oxygen atoms in total. The van der Waals surface area contributed by atoms with E-state index in [1.54, 1.807) is 0 Å². The van der Waals surface area contributed by atoms with Crippen molar-refractivity contribution in [1.29, 1.82) is 0 Å². The molecule has 1 saturated carbocycles. The van der Waals surface area contributed by atoms with Gasteiger partial charge in [0.2, 0.25) is 0 Å². The molecule has 4 heteroatoms. The van der Waals surface area contributed by atoms with Gasteiger partial charge in [-0.25, -0.2) is 4.98 Å². The zero-order valence-electron chi connectivity index (χ0n) is 9.58. The first-order valence-electron chi connectivity index (χ1n) is 5.69. The lowest BCUT2D eigenvalue weighted by Crippen LogP contribution is -2.37. The standard InChI is InChI=1S/C12H15N3S/c1-8-4-5-9-10(13-8)15(11(16)14-9)12(2)6-3-7-12/h4-5H,3,6-7H2,1-2H3,(H,14,16). The highest BCUT2D eigenvalue weighted by molar-refractivity contribution is 7.71. The Kier molecular flexibility index (Phi) is 1.98. The molecule has 16 heavy (non-hydrogen) atoms. The molecule has 1 N–H and O–H groups in total. The van der Waals surface area contributed by atoms with Crippen molar-refractivity contribution in [3.8, 4) is 0 Å². The van der Waals surface area contributed by atoms with Crippen molar-refractivity contribution in [2.45, 2.75) is 38.6 Å². The zero-order valence-corrected chi connectivity index (χ0v) is 10.4. The second kappa shape index (κ2) is 3.17. The molecule has 0 radical (unpaired) electrons. The van der Waals surface area contributed by atoms with Crippen LogP contribution in [-0.4, -0.2) is 14.5 Å². The maximum atomic E-state index is 5.41. The van der Waals surface area contributed by atoms with E-state index in [1.807, 2.05) is 13.0 Å². The van der Waals surface area contributed by atoms with Crippen LogP contribution < -0.4 is 0 Å². The van der Waals surface area contributed by atoms with Crippen molar-refractivity contribution in [2.75, 3.05) is 0 Å². The number of aromatic amines is 1. The molecule has 3 rings (SSSR count). The Balaban J connectivity index is 2.34. The Bertz CT molecular complexity index is 604. The van der Waals surface area contributed by atoms with Crippen LogP contribution in [-0.2, 0) is 5.54 Å². The van der Waals surface area contributed by atoms with Gasteiger partial charge in [-0.1, -0.05) is 0 Å². The first-order chi connectivity index (χ1) is 7.60. The van der Waals surface area contributed by atoms with Gasteiger partial charge in [-0.05, 0) is 57.5 Å². The first kappa shape index (κ1) is 10.0. The minimum absolute atomic E-state index is 0.177. The van der Waals surface area contributed by atoms with Crippen molar-refractivity contribution in [1.82, 2.24) is 14.5 Å². The molecule has 0 unspecified atom stereocenters. The van der Waals surface area contributed by atoms with Crippen LogP contribution in [0.25, 0.3) is 11.2 Å². The lowest BCUT2D eigenvalue weighted by molar-refractivity contribution is 0.171. The largest absolute Gasteiger partial charge is 0.329 e. The fraction of sp³-hybridized carbons (Fsp3) is 0.500. The zero-order chi connectivity index (χ0) is 11.3. The highest BCUT2D eigenvalue weighted by Gasteiger charge is 2.35. The number of nitrogens with one attached hydrogen (secondary N) is 1. The minimum Gasteiger partial charge on any atom is -0.329 e. The second-order valence-electron chi connectivity index (χ2n) is 4.94. The Labute approximate surface area is 99.5 Å². The van der Waals surface area contributed by atoms with Gasteiger partial charge in [-0.15, -0.1) is 0 Å². The van der Waals surface area contributed by atoms with E-state index in [0.717, 1.165) is 21.6 Å². The number of aryl methyl sites for hydroxylation is 1. The second-order valence-corrected chi connectivity index (χ2v) is 5.33. The predicted molar refractivity (Wildman–Crippen MR) is 67.2 cm³/mol. The van der Waals surface area contributed by atoms with Crippen LogP contribution in [0.15, 0.2) is 12.1 Å². The van der Waals surface area contributed by atoms with Crippen molar-refractivity contribution < 1.29 is 0 Å². The molecule has 0 aliphatic heterocycles. The van der Waals surface area contributed by atoms with E-state index in [9.17, 15) is 0 Å². The van der Waals surface area contributed by atoms with Gasteiger partial charge in [0.05, 0.1) is 5.52 Å². The molecule has 1 aliphatic rings. The molecule has 2 aromatic rings. The third-order valence-corrected chi connectivity index (χ3v) is 3.93. The summed E-state index contributed by atoms with van der Waals surface area (Å²) in [6, 6.07) is 4.08. The molecule has 0 spiro atoms. The van der Waals surface area contributed by atoms with Gasteiger partial charge in [0.1, 0.15) is 0 Å². The quantitative estimate of drug-likeness (QED) is 0.767. The summed E-state index contributed by atoms with van der Waals surface area (Å²) in [5.74, 6) is 0. The Morgan fingerprint density at radius 2 is 2.19 bits per heavy atom. The van der Waals surface area contributed by atoms with Crippen LogP contribution in [0.5, 0.6) is 0 Å². The smallest absolute Gasteiger partial charge is 0.179 e. The summed E-state index contributed by atoms with van der Waals surface area (Å²) in [5.41, 5.74) is 3.27. The molecular formula is C12H15N3S. The molecule has 1 aliphatic carbocycles. The third-order valence-electron chi connectivity index (χ3n) is 3.64. The van der Waals surface area contributed by atoms with Gasteiger partial charge in [0.25, 0.3) is 0 Å². The summed E-state index contributed by atoms with van der Waals surface area (Å²) in [4.78, 5) is 7.85. The Hall–Kier alpha value is -1.16. The topological polar surface area (TPSA) is 33.6 Å². The number of hydrogen-bond donors (Lipinski definition) is 1. The van der Waals surface area contributed by atoms with Gasteiger partial charge in [-0.3, -0.25) is 4.57 Å². The van der Waals surface area contributed by atoms with Crippen LogP contribution in [0.1, 0.15) is 31.9 Å². The summed E-state index contributed by atoms with van der Waals surface area (Å²) in [6.07, 6.45) is 3.69. The van der Waals surface area contributed by atoms with E-state index in [2.05, 4.69) is 27.5 Å². The van der Waals surface area contributed by atoms with E-state index in [1.165, 1.54) is 19.3 Å². The van der Waals surface area contributed by atoms with Crippen LogP contribution in [0, 0.1) is 11.7 Å². The third kappa shape index (κ3) is 1.26. The lowest BCUT2D eigenvalue weighted by Gasteiger charge is -2.39. The van der Waals surface area contributed by atoms with Gasteiger partial charge < -0.3 is 4.98 Å².